The van der Waals surface area contributed by atoms with Crippen molar-refractivity contribution in [2.75, 3.05) is 25.1 Å². The third kappa shape index (κ3) is 3.74. The van der Waals surface area contributed by atoms with E-state index in [-0.39, 0.29) is 11.8 Å². The largest absolute Gasteiger partial charge is 0.497 e. The van der Waals surface area contributed by atoms with Crippen LogP contribution in [0.1, 0.15) is 20.3 Å². The fraction of sp³-hybridized carbons (Fsp3) is 0.500. The Morgan fingerprint density at radius 3 is 2.39 bits per heavy atom. The first-order valence-corrected chi connectivity index (χ1v) is 6.25. The highest BCUT2D eigenvalue weighted by Crippen LogP contribution is 2.21. The van der Waals surface area contributed by atoms with Crippen molar-refractivity contribution >= 4 is 11.6 Å². The maximum absolute atomic E-state index is 12.2. The molecule has 0 heterocycles. The van der Waals surface area contributed by atoms with Gasteiger partial charge < -0.3 is 15.4 Å². The topological polar surface area (TPSA) is 55.6 Å². The zero-order chi connectivity index (χ0) is 13.5. The van der Waals surface area contributed by atoms with Crippen LogP contribution in [0, 0.1) is 5.92 Å². The molecule has 4 nitrogen and oxygen atoms in total. The zero-order valence-electron chi connectivity index (χ0n) is 11.3. The Hall–Kier alpha value is -1.55. The summed E-state index contributed by atoms with van der Waals surface area (Å²) in [5.41, 5.74) is 6.41. The van der Waals surface area contributed by atoms with E-state index in [4.69, 9.17) is 10.5 Å². The summed E-state index contributed by atoms with van der Waals surface area (Å²) in [4.78, 5) is 13.9. The predicted molar refractivity (Wildman–Crippen MR) is 73.9 cm³/mol. The van der Waals surface area contributed by atoms with Crippen molar-refractivity contribution in [3.63, 3.8) is 0 Å². The minimum atomic E-state index is -0.0233. The first-order valence-electron chi connectivity index (χ1n) is 6.25. The first-order chi connectivity index (χ1) is 8.60. The number of rotatable bonds is 6. The van der Waals surface area contributed by atoms with Crippen LogP contribution in [0.15, 0.2) is 24.3 Å². The second-order valence-electron chi connectivity index (χ2n) is 4.48. The van der Waals surface area contributed by atoms with Crippen molar-refractivity contribution in [1.29, 1.82) is 0 Å². The van der Waals surface area contributed by atoms with Gasteiger partial charge in [0.25, 0.3) is 0 Å². The average molecular weight is 250 g/mol. The van der Waals surface area contributed by atoms with Gasteiger partial charge in [-0.25, -0.2) is 0 Å². The third-order valence-corrected chi connectivity index (χ3v) is 2.73. The predicted octanol–water partition coefficient (Wildman–Crippen LogP) is 2.03. The lowest BCUT2D eigenvalue weighted by molar-refractivity contribution is -0.121. The van der Waals surface area contributed by atoms with E-state index in [1.54, 1.807) is 12.0 Å². The number of hydrogen-bond acceptors (Lipinski definition) is 3. The Morgan fingerprint density at radius 2 is 1.94 bits per heavy atom. The molecule has 1 aromatic rings. The molecule has 1 amide bonds. The fourth-order valence-electron chi connectivity index (χ4n) is 1.69. The number of carbonyl (C=O) groups excluding carboxylic acids is 1. The van der Waals surface area contributed by atoms with Gasteiger partial charge in [-0.05, 0) is 37.2 Å². The Kier molecular flexibility index (Phi) is 5.65. The number of benzene rings is 1. The second-order valence-corrected chi connectivity index (χ2v) is 4.48. The molecule has 0 aliphatic rings. The first kappa shape index (κ1) is 14.5. The molecule has 1 aromatic carbocycles. The summed E-state index contributed by atoms with van der Waals surface area (Å²) in [5.74, 6) is 0.882. The molecule has 0 spiro atoms. The van der Waals surface area contributed by atoms with Gasteiger partial charge in [-0.3, -0.25) is 4.79 Å². The lowest BCUT2D eigenvalue weighted by Gasteiger charge is -2.24. The quantitative estimate of drug-likeness (QED) is 0.840. The molecule has 1 rings (SSSR count). The fourth-order valence-corrected chi connectivity index (χ4v) is 1.69. The lowest BCUT2D eigenvalue weighted by atomic mass is 10.1. The van der Waals surface area contributed by atoms with E-state index in [2.05, 4.69) is 0 Å². The van der Waals surface area contributed by atoms with E-state index in [0.29, 0.717) is 13.1 Å². The van der Waals surface area contributed by atoms with Crippen molar-refractivity contribution in [1.82, 2.24) is 0 Å². The smallest absolute Gasteiger partial charge is 0.229 e. The standard InChI is InChI=1S/C14H22N2O2/c1-11(2)14(17)16(10-4-9-15)12-5-7-13(18-3)8-6-12/h5-8,11H,4,9-10,15H2,1-3H3. The van der Waals surface area contributed by atoms with E-state index in [9.17, 15) is 4.79 Å². The minimum absolute atomic E-state index is 0.0233. The molecule has 0 atom stereocenters. The van der Waals surface area contributed by atoms with Gasteiger partial charge in [-0.1, -0.05) is 13.8 Å². The second kappa shape index (κ2) is 7.01. The van der Waals surface area contributed by atoms with Crippen molar-refractivity contribution in [2.45, 2.75) is 20.3 Å². The van der Waals surface area contributed by atoms with Crippen LogP contribution in [0.5, 0.6) is 5.75 Å². The summed E-state index contributed by atoms with van der Waals surface area (Å²) in [6.07, 6.45) is 0.796. The van der Waals surface area contributed by atoms with Gasteiger partial charge in [-0.15, -0.1) is 0 Å². The van der Waals surface area contributed by atoms with Crippen LogP contribution in [0.4, 0.5) is 5.69 Å². The number of amides is 1. The Bertz CT molecular complexity index is 374. The molecule has 2 N–H and O–H groups in total. The number of nitrogens with zero attached hydrogens (tertiary/aromatic N) is 1. The van der Waals surface area contributed by atoms with E-state index >= 15 is 0 Å². The Balaban J connectivity index is 2.89. The summed E-state index contributed by atoms with van der Waals surface area (Å²) in [7, 11) is 1.63. The van der Waals surface area contributed by atoms with Crippen molar-refractivity contribution < 1.29 is 9.53 Å². The van der Waals surface area contributed by atoms with Gasteiger partial charge in [0.05, 0.1) is 7.11 Å². The average Bonchev–Trinajstić information content (AvgIpc) is 2.39. The summed E-state index contributed by atoms with van der Waals surface area (Å²) < 4.78 is 5.11. The number of carbonyl (C=O) groups is 1. The molecule has 0 saturated carbocycles. The molecular formula is C14H22N2O2. The van der Waals surface area contributed by atoms with Gasteiger partial charge in [0.1, 0.15) is 5.75 Å². The third-order valence-electron chi connectivity index (χ3n) is 2.73. The monoisotopic (exact) mass is 250 g/mol. The molecule has 4 heteroatoms. The Labute approximate surface area is 109 Å². The van der Waals surface area contributed by atoms with Crippen LogP contribution in [-0.4, -0.2) is 26.1 Å². The molecule has 0 aliphatic heterocycles. The van der Waals surface area contributed by atoms with E-state index < -0.39 is 0 Å². The molecule has 0 aromatic heterocycles. The zero-order valence-corrected chi connectivity index (χ0v) is 11.3. The molecule has 0 bridgehead atoms. The summed E-state index contributed by atoms with van der Waals surface area (Å²) in [6.45, 7) is 5.04. The molecule has 0 unspecified atom stereocenters. The number of methoxy groups -OCH3 is 1. The molecular weight excluding hydrogens is 228 g/mol. The SMILES string of the molecule is COc1ccc(N(CCCN)C(=O)C(C)C)cc1. The van der Waals surface area contributed by atoms with Crippen LogP contribution >= 0.6 is 0 Å². The van der Waals surface area contributed by atoms with Crippen LogP contribution in [-0.2, 0) is 4.79 Å². The van der Waals surface area contributed by atoms with Gasteiger partial charge in [0.15, 0.2) is 0 Å². The summed E-state index contributed by atoms with van der Waals surface area (Å²) in [6, 6.07) is 7.52. The number of ether oxygens (including phenoxy) is 1. The minimum Gasteiger partial charge on any atom is -0.497 e. The molecule has 0 saturated heterocycles. The van der Waals surface area contributed by atoms with Crippen LogP contribution < -0.4 is 15.4 Å². The summed E-state index contributed by atoms with van der Waals surface area (Å²) >= 11 is 0. The molecule has 0 aliphatic carbocycles. The number of hydrogen-bond donors (Lipinski definition) is 1. The lowest BCUT2D eigenvalue weighted by Crippen LogP contribution is -2.35. The van der Waals surface area contributed by atoms with Crippen LogP contribution in [0.25, 0.3) is 0 Å². The van der Waals surface area contributed by atoms with Crippen LogP contribution in [0.2, 0.25) is 0 Å². The van der Waals surface area contributed by atoms with Crippen molar-refractivity contribution in [2.24, 2.45) is 11.7 Å². The van der Waals surface area contributed by atoms with Gasteiger partial charge in [0, 0.05) is 18.2 Å². The van der Waals surface area contributed by atoms with Gasteiger partial charge in [0.2, 0.25) is 5.91 Å². The van der Waals surface area contributed by atoms with Crippen molar-refractivity contribution in [3.8, 4) is 5.75 Å². The highest BCUT2D eigenvalue weighted by molar-refractivity contribution is 5.94. The number of nitrogens with two attached hydrogens (primary N) is 1. The summed E-state index contributed by atoms with van der Waals surface area (Å²) in [5, 5.41) is 0. The normalized spacial score (nSPS) is 10.5. The molecule has 0 radical (unpaired) electrons. The maximum Gasteiger partial charge on any atom is 0.229 e. The van der Waals surface area contributed by atoms with Gasteiger partial charge in [-0.2, -0.15) is 0 Å². The van der Waals surface area contributed by atoms with Crippen molar-refractivity contribution in [3.05, 3.63) is 24.3 Å². The molecule has 0 fully saturated rings. The van der Waals surface area contributed by atoms with Gasteiger partial charge >= 0.3 is 0 Å². The number of anilines is 1. The maximum atomic E-state index is 12.2. The van der Waals surface area contributed by atoms with Crippen LogP contribution in [0.3, 0.4) is 0 Å². The van der Waals surface area contributed by atoms with E-state index in [1.807, 2.05) is 38.1 Å². The van der Waals surface area contributed by atoms with E-state index in [0.717, 1.165) is 17.9 Å². The molecule has 100 valence electrons. The highest BCUT2D eigenvalue weighted by Gasteiger charge is 2.18. The highest BCUT2D eigenvalue weighted by atomic mass is 16.5. The Morgan fingerprint density at radius 1 is 1.33 bits per heavy atom. The molecule has 18 heavy (non-hydrogen) atoms. The van der Waals surface area contributed by atoms with E-state index in [1.165, 1.54) is 0 Å².